The Hall–Kier alpha value is -2.87. The van der Waals surface area contributed by atoms with E-state index in [-0.39, 0.29) is 45.9 Å². The van der Waals surface area contributed by atoms with Gasteiger partial charge in [-0.1, -0.05) is 6.07 Å². The maximum atomic E-state index is 13.7. The molecule has 3 saturated heterocycles. The van der Waals surface area contributed by atoms with Crippen molar-refractivity contribution >= 4 is 5.91 Å². The van der Waals surface area contributed by atoms with Crippen molar-refractivity contribution < 1.29 is 14.6 Å². The van der Waals surface area contributed by atoms with E-state index in [9.17, 15) is 14.7 Å². The summed E-state index contributed by atoms with van der Waals surface area (Å²) < 4.78 is 6.74. The van der Waals surface area contributed by atoms with E-state index in [2.05, 4.69) is 20.9 Å². The average Bonchev–Trinajstić information content (AvgIpc) is 3.64. The highest BCUT2D eigenvalue weighted by Gasteiger charge is 2.74. The molecule has 2 N–H and O–H groups in total. The number of phenolic OH excluding ortho intramolecular Hbond substituents is 1. The van der Waals surface area contributed by atoms with Crippen LogP contribution in [0.3, 0.4) is 0 Å². The Morgan fingerprint density at radius 3 is 2.89 bits per heavy atom. The Kier molecular flexibility index (Phi) is 3.87. The zero-order valence-electron chi connectivity index (χ0n) is 19.7. The third-order valence-electron chi connectivity index (χ3n) is 10.3. The fraction of sp³-hybridized carbons (Fsp3) is 0.593. The molecule has 2 spiro atoms. The number of carbonyl (C=O) groups excluding carboxylic acids is 1. The van der Waals surface area contributed by atoms with Crippen molar-refractivity contribution in [1.29, 1.82) is 0 Å². The number of carbonyl (C=O) groups is 1. The summed E-state index contributed by atoms with van der Waals surface area (Å²) in [6.45, 7) is 2.88. The van der Waals surface area contributed by atoms with Crippen LogP contribution in [0.2, 0.25) is 0 Å². The number of nitrogens with zero attached hydrogens (tertiary/aromatic N) is 3. The quantitative estimate of drug-likeness (QED) is 0.708. The zero-order valence-corrected chi connectivity index (χ0v) is 19.7. The number of likely N-dealkylation sites (tertiary alicyclic amines) is 1. The molecule has 8 nitrogen and oxygen atoms in total. The lowest BCUT2D eigenvalue weighted by molar-refractivity contribution is -0.129. The summed E-state index contributed by atoms with van der Waals surface area (Å²) in [6.07, 6.45) is 9.99. The van der Waals surface area contributed by atoms with Gasteiger partial charge < -0.3 is 19.7 Å². The molecular weight excluding hydrogens is 444 g/mol. The van der Waals surface area contributed by atoms with Gasteiger partial charge >= 0.3 is 0 Å². The number of hydrogen-bond donors (Lipinski definition) is 2. The van der Waals surface area contributed by atoms with Crippen molar-refractivity contribution in [3.63, 3.8) is 0 Å². The molecule has 5 heterocycles. The predicted octanol–water partition coefficient (Wildman–Crippen LogP) is 2.21. The van der Waals surface area contributed by atoms with E-state index >= 15 is 0 Å². The van der Waals surface area contributed by atoms with E-state index in [1.165, 1.54) is 42.9 Å². The highest BCUT2D eigenvalue weighted by Crippen LogP contribution is 2.71. The number of benzene rings is 1. The molecule has 3 aliphatic carbocycles. The SMILES string of the molecule is O=C(c1cncc(=O)[nH]1)N1CC[C@@]23CC[C@@H]1[C@@H]1Oc4c(O)ccc5c4[C@@]12CCN(CC1CC1)[C@@H]3C5. The standard InChI is InChI=1S/C27H30N4O4/c32-19-4-3-16-11-20-26-6-5-18(31(10-7-26)25(34)17-12-28-13-21(33)29-17)24-27(26,22(16)23(19)35-24)8-9-30(20)14-15-1-2-15/h3-4,12-13,15,18,20,24,32H,1-2,5-11,14H2,(H,29,33)/t18-,20-,24+,26-,27+/m1/s1. The minimum Gasteiger partial charge on any atom is -0.504 e. The summed E-state index contributed by atoms with van der Waals surface area (Å²) in [5.41, 5.74) is 2.26. The smallest absolute Gasteiger partial charge is 0.272 e. The van der Waals surface area contributed by atoms with Crippen LogP contribution in [0.1, 0.15) is 60.1 Å². The lowest BCUT2D eigenvalue weighted by Crippen LogP contribution is -2.72. The van der Waals surface area contributed by atoms with E-state index < -0.39 is 0 Å². The number of amides is 1. The zero-order chi connectivity index (χ0) is 23.5. The van der Waals surface area contributed by atoms with Gasteiger partial charge in [0, 0.05) is 35.5 Å². The molecule has 0 unspecified atom stereocenters. The second-order valence-corrected chi connectivity index (χ2v) is 11.7. The number of piperidine rings is 1. The molecule has 2 aromatic rings. The molecule has 0 radical (unpaired) electrons. The second-order valence-electron chi connectivity index (χ2n) is 11.7. The van der Waals surface area contributed by atoms with Crippen molar-refractivity contribution in [2.75, 3.05) is 19.6 Å². The van der Waals surface area contributed by atoms with Crippen LogP contribution in [-0.4, -0.2) is 68.6 Å². The van der Waals surface area contributed by atoms with Crippen molar-refractivity contribution in [2.24, 2.45) is 11.3 Å². The fourth-order valence-corrected chi connectivity index (χ4v) is 8.88. The largest absolute Gasteiger partial charge is 0.504 e. The first-order valence-electron chi connectivity index (χ1n) is 13.1. The van der Waals surface area contributed by atoms with Crippen LogP contribution in [0.15, 0.2) is 29.3 Å². The number of aromatic amines is 1. The number of H-pyrrole nitrogens is 1. The average molecular weight is 475 g/mol. The Morgan fingerprint density at radius 1 is 1.17 bits per heavy atom. The van der Waals surface area contributed by atoms with Crippen LogP contribution in [0.5, 0.6) is 11.5 Å². The van der Waals surface area contributed by atoms with Crippen LogP contribution < -0.4 is 10.3 Å². The maximum Gasteiger partial charge on any atom is 0.272 e. The van der Waals surface area contributed by atoms with Crippen LogP contribution in [0.25, 0.3) is 0 Å². The Morgan fingerprint density at radius 2 is 2.06 bits per heavy atom. The van der Waals surface area contributed by atoms with Gasteiger partial charge in [0.05, 0.1) is 18.4 Å². The minimum atomic E-state index is -0.369. The summed E-state index contributed by atoms with van der Waals surface area (Å²) in [5.74, 6) is 1.52. The van der Waals surface area contributed by atoms with Crippen LogP contribution in [-0.2, 0) is 11.8 Å². The third kappa shape index (κ3) is 2.44. The Labute approximate surface area is 203 Å². The molecule has 8 heteroatoms. The normalized spacial score (nSPS) is 36.5. The first kappa shape index (κ1) is 20.3. The Bertz CT molecular complexity index is 1320. The van der Waals surface area contributed by atoms with Gasteiger partial charge in [-0.2, -0.15) is 0 Å². The molecule has 2 saturated carbocycles. The van der Waals surface area contributed by atoms with Gasteiger partial charge in [0.25, 0.3) is 11.5 Å². The van der Waals surface area contributed by atoms with Crippen LogP contribution in [0, 0.1) is 11.3 Å². The lowest BCUT2D eigenvalue weighted by atomic mass is 9.42. The highest BCUT2D eigenvalue weighted by atomic mass is 16.5. The van der Waals surface area contributed by atoms with Crippen molar-refractivity contribution in [1.82, 2.24) is 19.8 Å². The molecule has 1 aromatic heterocycles. The van der Waals surface area contributed by atoms with E-state index in [0.717, 1.165) is 44.6 Å². The molecule has 4 aliphatic heterocycles. The summed E-state index contributed by atoms with van der Waals surface area (Å²) in [7, 11) is 0. The number of fused-ring (bicyclic) bond motifs is 3. The first-order chi connectivity index (χ1) is 17.0. The Balaban J connectivity index is 1.29. The number of rotatable bonds is 3. The van der Waals surface area contributed by atoms with E-state index in [0.29, 0.717) is 18.3 Å². The van der Waals surface area contributed by atoms with E-state index in [1.807, 2.05) is 4.90 Å². The summed E-state index contributed by atoms with van der Waals surface area (Å²) in [6, 6.07) is 4.24. The van der Waals surface area contributed by atoms with Gasteiger partial charge in [-0.05, 0) is 69.0 Å². The maximum absolute atomic E-state index is 13.7. The predicted molar refractivity (Wildman–Crippen MR) is 127 cm³/mol. The highest BCUT2D eigenvalue weighted by molar-refractivity contribution is 5.92. The molecule has 9 rings (SSSR count). The molecule has 1 aromatic carbocycles. The van der Waals surface area contributed by atoms with Gasteiger partial charge in [-0.3, -0.25) is 19.5 Å². The van der Waals surface area contributed by atoms with Gasteiger partial charge in [0.1, 0.15) is 11.8 Å². The molecule has 4 bridgehead atoms. The number of ether oxygens (including phenoxy) is 1. The van der Waals surface area contributed by atoms with Crippen molar-refractivity contribution in [3.05, 3.63) is 51.7 Å². The van der Waals surface area contributed by atoms with Gasteiger partial charge in [0.2, 0.25) is 0 Å². The first-order valence-corrected chi connectivity index (χ1v) is 13.1. The minimum absolute atomic E-state index is 0.0186. The third-order valence-corrected chi connectivity index (χ3v) is 10.3. The molecule has 182 valence electrons. The molecule has 5 fully saturated rings. The summed E-state index contributed by atoms with van der Waals surface area (Å²) in [4.78, 5) is 37.0. The lowest BCUT2D eigenvalue weighted by Gasteiger charge is -2.66. The van der Waals surface area contributed by atoms with Crippen molar-refractivity contribution in [3.8, 4) is 11.5 Å². The number of hydrogen-bond acceptors (Lipinski definition) is 6. The molecule has 35 heavy (non-hydrogen) atoms. The monoisotopic (exact) mass is 474 g/mol. The molecular formula is C27H30N4O4. The van der Waals surface area contributed by atoms with Crippen LogP contribution in [0.4, 0.5) is 0 Å². The molecule has 1 amide bonds. The van der Waals surface area contributed by atoms with Gasteiger partial charge in [-0.25, -0.2) is 0 Å². The molecule has 7 aliphatic rings. The number of aromatic nitrogens is 2. The topological polar surface area (TPSA) is 98.8 Å². The number of phenols is 1. The number of aromatic hydroxyl groups is 1. The second kappa shape index (κ2) is 6.66. The van der Waals surface area contributed by atoms with E-state index in [1.54, 1.807) is 6.07 Å². The summed E-state index contributed by atoms with van der Waals surface area (Å²) in [5, 5.41) is 10.9. The fourth-order valence-electron chi connectivity index (χ4n) is 8.88. The van der Waals surface area contributed by atoms with E-state index in [4.69, 9.17) is 4.74 Å². The van der Waals surface area contributed by atoms with Crippen LogP contribution >= 0.6 is 0 Å². The van der Waals surface area contributed by atoms with Gasteiger partial charge in [0.15, 0.2) is 11.5 Å². The summed E-state index contributed by atoms with van der Waals surface area (Å²) >= 11 is 0. The van der Waals surface area contributed by atoms with Crippen molar-refractivity contribution in [2.45, 2.75) is 68.5 Å². The van der Waals surface area contributed by atoms with Gasteiger partial charge in [-0.15, -0.1) is 0 Å². The number of nitrogens with one attached hydrogen (secondary N) is 1. The molecule has 5 atom stereocenters.